The molecule has 3 rings (SSSR count). The smallest absolute Gasteiger partial charge is 0.0481 e. The number of hydrogen-bond acceptors (Lipinski definition) is 1. The first-order valence-electron chi connectivity index (χ1n) is 6.65. The van der Waals surface area contributed by atoms with E-state index in [1.165, 1.54) is 35.7 Å². The number of benzene rings is 1. The Labute approximate surface area is 113 Å². The lowest BCUT2D eigenvalue weighted by Gasteiger charge is -2.33. The maximum atomic E-state index is 6.13. The molecule has 18 heavy (non-hydrogen) atoms. The molecule has 2 N–H and O–H groups in total. The lowest BCUT2D eigenvalue weighted by atomic mass is 9.73. The second-order valence-electron chi connectivity index (χ2n) is 5.39. The standard InChI is InChI=1S/C15H19ClN2/c1-18-9-14(13(8-17)10-3-2-4-10)12-7-11(16)5-6-15(12)18/h5-7,9-10,13H,2-4,8,17H2,1H3. The average molecular weight is 263 g/mol. The second-order valence-corrected chi connectivity index (χ2v) is 5.83. The van der Waals surface area contributed by atoms with Gasteiger partial charge in [0.05, 0.1) is 0 Å². The molecule has 0 radical (unpaired) electrons. The number of nitrogens with two attached hydrogens (primary N) is 1. The quantitative estimate of drug-likeness (QED) is 0.899. The molecule has 0 saturated heterocycles. The van der Waals surface area contributed by atoms with Gasteiger partial charge in [0.25, 0.3) is 0 Å². The van der Waals surface area contributed by atoms with Gasteiger partial charge in [-0.05, 0) is 49.1 Å². The summed E-state index contributed by atoms with van der Waals surface area (Å²) in [6, 6.07) is 6.12. The maximum absolute atomic E-state index is 6.13. The highest BCUT2D eigenvalue weighted by atomic mass is 35.5. The summed E-state index contributed by atoms with van der Waals surface area (Å²) >= 11 is 6.13. The molecular formula is C15H19ClN2. The fourth-order valence-corrected chi connectivity index (χ4v) is 3.28. The van der Waals surface area contributed by atoms with Crippen molar-refractivity contribution in [2.75, 3.05) is 6.54 Å². The van der Waals surface area contributed by atoms with Gasteiger partial charge < -0.3 is 10.3 Å². The Morgan fingerprint density at radius 3 is 2.83 bits per heavy atom. The van der Waals surface area contributed by atoms with E-state index in [1.807, 2.05) is 6.07 Å². The molecule has 96 valence electrons. The van der Waals surface area contributed by atoms with Crippen molar-refractivity contribution in [1.82, 2.24) is 4.57 Å². The van der Waals surface area contributed by atoms with Crippen LogP contribution in [0.4, 0.5) is 0 Å². The molecule has 3 heteroatoms. The third-order valence-corrected chi connectivity index (χ3v) is 4.59. The SMILES string of the molecule is Cn1cc(C(CN)C2CCC2)c2cc(Cl)ccc21. The molecule has 1 aromatic carbocycles. The molecule has 1 aliphatic rings. The lowest BCUT2D eigenvalue weighted by molar-refractivity contribution is 0.265. The van der Waals surface area contributed by atoms with E-state index in [4.69, 9.17) is 17.3 Å². The molecule has 1 aliphatic carbocycles. The van der Waals surface area contributed by atoms with Crippen LogP contribution >= 0.6 is 11.6 Å². The Balaban J connectivity index is 2.12. The lowest BCUT2D eigenvalue weighted by Crippen LogP contribution is -2.26. The van der Waals surface area contributed by atoms with E-state index in [0.29, 0.717) is 5.92 Å². The van der Waals surface area contributed by atoms with E-state index >= 15 is 0 Å². The highest BCUT2D eigenvalue weighted by molar-refractivity contribution is 6.31. The van der Waals surface area contributed by atoms with Crippen LogP contribution in [0.3, 0.4) is 0 Å². The van der Waals surface area contributed by atoms with Crippen LogP contribution in [0.5, 0.6) is 0 Å². The van der Waals surface area contributed by atoms with Crippen molar-refractivity contribution < 1.29 is 0 Å². The van der Waals surface area contributed by atoms with Crippen LogP contribution in [-0.4, -0.2) is 11.1 Å². The van der Waals surface area contributed by atoms with Crippen LogP contribution in [0.1, 0.15) is 30.7 Å². The molecule has 0 amide bonds. The normalized spacial score (nSPS) is 17.9. The van der Waals surface area contributed by atoms with Gasteiger partial charge in [-0.15, -0.1) is 0 Å². The molecule has 1 heterocycles. The molecule has 1 atom stereocenters. The van der Waals surface area contributed by atoms with E-state index in [-0.39, 0.29) is 0 Å². The Hall–Kier alpha value is -0.990. The van der Waals surface area contributed by atoms with Gasteiger partial charge in [-0.25, -0.2) is 0 Å². The largest absolute Gasteiger partial charge is 0.350 e. The van der Waals surface area contributed by atoms with Gasteiger partial charge in [-0.3, -0.25) is 0 Å². The van der Waals surface area contributed by atoms with Gasteiger partial charge in [-0.1, -0.05) is 18.0 Å². The minimum Gasteiger partial charge on any atom is -0.350 e. The van der Waals surface area contributed by atoms with Gasteiger partial charge in [0.1, 0.15) is 0 Å². The van der Waals surface area contributed by atoms with Crippen LogP contribution in [0.15, 0.2) is 24.4 Å². The number of halogens is 1. The first-order chi connectivity index (χ1) is 8.70. The number of aromatic nitrogens is 1. The highest BCUT2D eigenvalue weighted by Gasteiger charge is 2.29. The third-order valence-electron chi connectivity index (χ3n) is 4.35. The van der Waals surface area contributed by atoms with Crippen LogP contribution < -0.4 is 5.73 Å². The number of hydrogen-bond donors (Lipinski definition) is 1. The van der Waals surface area contributed by atoms with Crippen LogP contribution in [0.2, 0.25) is 5.02 Å². The third kappa shape index (κ3) is 1.84. The average Bonchev–Trinajstić information content (AvgIpc) is 2.60. The summed E-state index contributed by atoms with van der Waals surface area (Å²) in [6.45, 7) is 0.732. The molecule has 1 fully saturated rings. The van der Waals surface area contributed by atoms with Crippen molar-refractivity contribution in [3.05, 3.63) is 35.0 Å². The molecular weight excluding hydrogens is 244 g/mol. The maximum Gasteiger partial charge on any atom is 0.0481 e. The van der Waals surface area contributed by atoms with Gasteiger partial charge in [-0.2, -0.15) is 0 Å². The van der Waals surface area contributed by atoms with E-state index in [1.54, 1.807) is 0 Å². The summed E-state index contributed by atoms with van der Waals surface area (Å²) in [5, 5.41) is 2.08. The van der Waals surface area contributed by atoms with Gasteiger partial charge >= 0.3 is 0 Å². The number of rotatable bonds is 3. The van der Waals surface area contributed by atoms with Gasteiger partial charge in [0.15, 0.2) is 0 Å². The summed E-state index contributed by atoms with van der Waals surface area (Å²) in [7, 11) is 2.09. The molecule has 1 aromatic heterocycles. The number of nitrogens with zero attached hydrogens (tertiary/aromatic N) is 1. The van der Waals surface area contributed by atoms with Crippen molar-refractivity contribution in [2.45, 2.75) is 25.2 Å². The number of fused-ring (bicyclic) bond motifs is 1. The van der Waals surface area contributed by atoms with E-state index in [9.17, 15) is 0 Å². The van der Waals surface area contributed by atoms with E-state index < -0.39 is 0 Å². The van der Waals surface area contributed by atoms with Crippen molar-refractivity contribution in [2.24, 2.45) is 18.7 Å². The van der Waals surface area contributed by atoms with Crippen LogP contribution in [-0.2, 0) is 7.05 Å². The zero-order valence-electron chi connectivity index (χ0n) is 10.7. The minimum absolute atomic E-state index is 0.487. The van der Waals surface area contributed by atoms with Crippen molar-refractivity contribution in [3.8, 4) is 0 Å². The van der Waals surface area contributed by atoms with Crippen LogP contribution in [0.25, 0.3) is 10.9 Å². The zero-order chi connectivity index (χ0) is 12.7. The molecule has 1 unspecified atom stereocenters. The molecule has 1 saturated carbocycles. The highest BCUT2D eigenvalue weighted by Crippen LogP contribution is 2.41. The van der Waals surface area contributed by atoms with Gasteiger partial charge in [0, 0.05) is 35.1 Å². The molecule has 2 aromatic rings. The van der Waals surface area contributed by atoms with Crippen molar-refractivity contribution >= 4 is 22.5 Å². The molecule has 0 spiro atoms. The Kier molecular flexibility index (Phi) is 3.08. The summed E-state index contributed by atoms with van der Waals surface area (Å²) in [5.41, 5.74) is 8.63. The van der Waals surface area contributed by atoms with E-state index in [2.05, 4.69) is 29.9 Å². The van der Waals surface area contributed by atoms with Crippen LogP contribution in [0, 0.1) is 5.92 Å². The summed E-state index contributed by atoms with van der Waals surface area (Å²) < 4.78 is 2.18. The van der Waals surface area contributed by atoms with Crippen molar-refractivity contribution in [1.29, 1.82) is 0 Å². The Morgan fingerprint density at radius 2 is 2.22 bits per heavy atom. The first-order valence-corrected chi connectivity index (χ1v) is 7.03. The summed E-state index contributed by atoms with van der Waals surface area (Å²) in [4.78, 5) is 0. The Bertz CT molecular complexity index is 569. The monoisotopic (exact) mass is 262 g/mol. The molecule has 0 bridgehead atoms. The summed E-state index contributed by atoms with van der Waals surface area (Å²) in [5.74, 6) is 1.25. The fourth-order valence-electron chi connectivity index (χ4n) is 3.11. The Morgan fingerprint density at radius 1 is 1.44 bits per heavy atom. The predicted molar refractivity (Wildman–Crippen MR) is 77.1 cm³/mol. The van der Waals surface area contributed by atoms with Gasteiger partial charge in [0.2, 0.25) is 0 Å². The zero-order valence-corrected chi connectivity index (χ0v) is 11.5. The van der Waals surface area contributed by atoms with Crippen molar-refractivity contribution in [3.63, 3.8) is 0 Å². The topological polar surface area (TPSA) is 30.9 Å². The minimum atomic E-state index is 0.487. The molecule has 2 nitrogen and oxygen atoms in total. The fraction of sp³-hybridized carbons (Fsp3) is 0.467. The predicted octanol–water partition coefficient (Wildman–Crippen LogP) is 3.67. The number of aryl methyl sites for hydroxylation is 1. The first kappa shape index (κ1) is 12.1. The molecule has 0 aliphatic heterocycles. The van der Waals surface area contributed by atoms with E-state index in [0.717, 1.165) is 17.5 Å². The summed E-state index contributed by atoms with van der Waals surface area (Å²) in [6.07, 6.45) is 6.22. The second kappa shape index (κ2) is 4.60.